The number of anilines is 1. The molecule has 1 amide bonds. The van der Waals surface area contributed by atoms with E-state index in [1.807, 2.05) is 31.2 Å². The van der Waals surface area contributed by atoms with Crippen LogP contribution >= 0.6 is 0 Å². The van der Waals surface area contributed by atoms with Crippen LogP contribution in [0.3, 0.4) is 0 Å². The first-order valence-corrected chi connectivity index (χ1v) is 8.26. The van der Waals surface area contributed by atoms with Crippen LogP contribution < -0.4 is 9.64 Å². The maximum atomic E-state index is 12.7. The predicted octanol–water partition coefficient (Wildman–Crippen LogP) is 3.14. The van der Waals surface area contributed by atoms with E-state index in [0.29, 0.717) is 17.9 Å². The van der Waals surface area contributed by atoms with Crippen molar-refractivity contribution in [2.24, 2.45) is 0 Å². The lowest BCUT2D eigenvalue weighted by molar-refractivity contribution is -0.126. The number of para-hydroxylation sites is 1. The topological polar surface area (TPSA) is 55.8 Å². The summed E-state index contributed by atoms with van der Waals surface area (Å²) < 4.78 is 10.6. The summed E-state index contributed by atoms with van der Waals surface area (Å²) in [4.78, 5) is 26.7. The summed E-state index contributed by atoms with van der Waals surface area (Å²) in [7, 11) is 1.55. The van der Waals surface area contributed by atoms with Gasteiger partial charge in [-0.3, -0.25) is 4.79 Å². The molecule has 0 spiro atoms. The highest BCUT2D eigenvalue weighted by Gasteiger charge is 2.30. The molecule has 0 radical (unpaired) electrons. The zero-order valence-corrected chi connectivity index (χ0v) is 14.6. The first-order chi connectivity index (χ1) is 12.0. The third-order valence-corrected chi connectivity index (χ3v) is 4.43. The van der Waals surface area contributed by atoms with Gasteiger partial charge in [0.25, 0.3) is 5.91 Å². The Morgan fingerprint density at radius 1 is 1.16 bits per heavy atom. The summed E-state index contributed by atoms with van der Waals surface area (Å²) >= 11 is 0. The van der Waals surface area contributed by atoms with Crippen LogP contribution in [0.4, 0.5) is 5.69 Å². The molecule has 5 nitrogen and oxygen atoms in total. The standard InChI is InChI=1S/C20H21NO4/c1-13-8-9-16(12-18(13)24-3)20(23)25-14(2)19(22)21-11-10-15-6-4-5-7-17(15)21/h4-9,12,14H,10-11H2,1-3H3/t14-/m0/s1. The van der Waals surface area contributed by atoms with Crippen molar-refractivity contribution in [3.8, 4) is 5.75 Å². The summed E-state index contributed by atoms with van der Waals surface area (Å²) in [5.74, 6) is -0.133. The van der Waals surface area contributed by atoms with E-state index >= 15 is 0 Å². The molecule has 0 aromatic heterocycles. The Kier molecular flexibility index (Phi) is 4.74. The first kappa shape index (κ1) is 17.0. The van der Waals surface area contributed by atoms with Crippen LogP contribution in [0.2, 0.25) is 0 Å². The number of methoxy groups -OCH3 is 1. The van der Waals surface area contributed by atoms with Crippen LogP contribution in [-0.2, 0) is 16.0 Å². The van der Waals surface area contributed by atoms with Crippen LogP contribution in [-0.4, -0.2) is 31.6 Å². The lowest BCUT2D eigenvalue weighted by Crippen LogP contribution is -2.39. The molecule has 2 aromatic carbocycles. The van der Waals surface area contributed by atoms with Crippen molar-refractivity contribution < 1.29 is 19.1 Å². The molecule has 1 heterocycles. The van der Waals surface area contributed by atoms with Gasteiger partial charge in [-0.05, 0) is 49.6 Å². The van der Waals surface area contributed by atoms with E-state index < -0.39 is 12.1 Å². The molecule has 0 N–H and O–H groups in total. The molecule has 1 aliphatic rings. The van der Waals surface area contributed by atoms with Crippen LogP contribution in [0.5, 0.6) is 5.75 Å². The number of amides is 1. The minimum atomic E-state index is -0.856. The third kappa shape index (κ3) is 3.36. The maximum absolute atomic E-state index is 12.7. The van der Waals surface area contributed by atoms with E-state index in [1.54, 1.807) is 37.1 Å². The predicted molar refractivity (Wildman–Crippen MR) is 95.1 cm³/mol. The fourth-order valence-electron chi connectivity index (χ4n) is 3.01. The van der Waals surface area contributed by atoms with Crippen molar-refractivity contribution in [3.63, 3.8) is 0 Å². The molecule has 0 saturated carbocycles. The first-order valence-electron chi connectivity index (χ1n) is 8.26. The van der Waals surface area contributed by atoms with Crippen LogP contribution in [0.25, 0.3) is 0 Å². The van der Waals surface area contributed by atoms with Gasteiger partial charge in [0.2, 0.25) is 0 Å². The highest BCUT2D eigenvalue weighted by molar-refractivity contribution is 6.00. The van der Waals surface area contributed by atoms with Crippen molar-refractivity contribution >= 4 is 17.6 Å². The molecule has 1 atom stereocenters. The van der Waals surface area contributed by atoms with Crippen molar-refractivity contribution in [2.45, 2.75) is 26.4 Å². The van der Waals surface area contributed by atoms with Crippen molar-refractivity contribution in [1.82, 2.24) is 0 Å². The van der Waals surface area contributed by atoms with Gasteiger partial charge in [0.1, 0.15) is 5.75 Å². The monoisotopic (exact) mass is 339 g/mol. The molecular formula is C20H21NO4. The largest absolute Gasteiger partial charge is 0.496 e. The van der Waals surface area contributed by atoms with Gasteiger partial charge in [-0.2, -0.15) is 0 Å². The summed E-state index contributed by atoms with van der Waals surface area (Å²) in [5, 5.41) is 0. The van der Waals surface area contributed by atoms with Crippen LogP contribution in [0, 0.1) is 6.92 Å². The van der Waals surface area contributed by atoms with Gasteiger partial charge >= 0.3 is 5.97 Å². The van der Waals surface area contributed by atoms with E-state index in [4.69, 9.17) is 9.47 Å². The molecule has 0 aliphatic carbocycles. The summed E-state index contributed by atoms with van der Waals surface area (Å²) in [5.41, 5.74) is 3.32. The van der Waals surface area contributed by atoms with E-state index in [2.05, 4.69) is 0 Å². The number of benzene rings is 2. The molecule has 5 heteroatoms. The number of ether oxygens (including phenoxy) is 2. The minimum Gasteiger partial charge on any atom is -0.496 e. The molecule has 25 heavy (non-hydrogen) atoms. The van der Waals surface area contributed by atoms with Crippen LogP contribution in [0.15, 0.2) is 42.5 Å². The third-order valence-electron chi connectivity index (χ3n) is 4.43. The Labute approximate surface area is 147 Å². The fourth-order valence-corrected chi connectivity index (χ4v) is 3.01. The molecule has 0 fully saturated rings. The van der Waals surface area contributed by atoms with Gasteiger partial charge < -0.3 is 14.4 Å². The number of fused-ring (bicyclic) bond motifs is 1. The average molecular weight is 339 g/mol. The summed E-state index contributed by atoms with van der Waals surface area (Å²) in [6.45, 7) is 4.11. The molecule has 1 aliphatic heterocycles. The van der Waals surface area contributed by atoms with Gasteiger partial charge in [0.15, 0.2) is 6.10 Å². The molecule has 130 valence electrons. The van der Waals surface area contributed by atoms with Crippen molar-refractivity contribution in [3.05, 3.63) is 59.2 Å². The number of carbonyl (C=O) groups is 2. The zero-order valence-electron chi connectivity index (χ0n) is 14.6. The van der Waals surface area contributed by atoms with Gasteiger partial charge in [0.05, 0.1) is 12.7 Å². The number of esters is 1. The second-order valence-electron chi connectivity index (χ2n) is 6.10. The quantitative estimate of drug-likeness (QED) is 0.803. The molecule has 3 rings (SSSR count). The Morgan fingerprint density at radius 3 is 2.68 bits per heavy atom. The molecular weight excluding hydrogens is 318 g/mol. The number of hydrogen-bond donors (Lipinski definition) is 0. The molecule has 0 bridgehead atoms. The average Bonchev–Trinajstić information content (AvgIpc) is 3.05. The highest BCUT2D eigenvalue weighted by atomic mass is 16.5. The second kappa shape index (κ2) is 6.97. The molecule has 0 saturated heterocycles. The number of carbonyl (C=O) groups excluding carboxylic acids is 2. The van der Waals surface area contributed by atoms with E-state index in [-0.39, 0.29) is 5.91 Å². The number of aryl methyl sites for hydroxylation is 1. The fraction of sp³-hybridized carbons (Fsp3) is 0.300. The van der Waals surface area contributed by atoms with E-state index in [9.17, 15) is 9.59 Å². The van der Waals surface area contributed by atoms with Gasteiger partial charge in [-0.15, -0.1) is 0 Å². The van der Waals surface area contributed by atoms with Crippen molar-refractivity contribution in [2.75, 3.05) is 18.6 Å². The summed E-state index contributed by atoms with van der Waals surface area (Å²) in [6, 6.07) is 12.9. The van der Waals surface area contributed by atoms with Crippen LogP contribution in [0.1, 0.15) is 28.4 Å². The normalized spacial score (nSPS) is 14.0. The Morgan fingerprint density at radius 2 is 1.92 bits per heavy atom. The maximum Gasteiger partial charge on any atom is 0.339 e. The minimum absolute atomic E-state index is 0.211. The van der Waals surface area contributed by atoms with E-state index in [0.717, 1.165) is 23.2 Å². The highest BCUT2D eigenvalue weighted by Crippen LogP contribution is 2.28. The number of nitrogens with zero attached hydrogens (tertiary/aromatic N) is 1. The molecule has 2 aromatic rings. The lowest BCUT2D eigenvalue weighted by Gasteiger charge is -2.21. The second-order valence-corrected chi connectivity index (χ2v) is 6.10. The van der Waals surface area contributed by atoms with Gasteiger partial charge in [0, 0.05) is 12.2 Å². The molecule has 0 unspecified atom stereocenters. The Balaban J connectivity index is 1.71. The Hall–Kier alpha value is -2.82. The Bertz CT molecular complexity index is 815. The van der Waals surface area contributed by atoms with Crippen molar-refractivity contribution in [1.29, 1.82) is 0 Å². The van der Waals surface area contributed by atoms with E-state index in [1.165, 1.54) is 0 Å². The number of hydrogen-bond acceptors (Lipinski definition) is 4. The lowest BCUT2D eigenvalue weighted by atomic mass is 10.1. The van der Waals surface area contributed by atoms with Gasteiger partial charge in [-0.25, -0.2) is 4.79 Å². The SMILES string of the molecule is COc1cc(C(=O)O[C@@H](C)C(=O)N2CCc3ccccc32)ccc1C. The number of rotatable bonds is 4. The zero-order chi connectivity index (χ0) is 18.0. The summed E-state index contributed by atoms with van der Waals surface area (Å²) in [6.07, 6.45) is -0.0384. The smallest absolute Gasteiger partial charge is 0.339 e. The van der Waals surface area contributed by atoms with Gasteiger partial charge in [-0.1, -0.05) is 24.3 Å².